The molecule has 6 rings (SSSR count). The normalized spacial score (nSPS) is 62.2. The molecule has 0 spiro atoms. The third-order valence-corrected chi connectivity index (χ3v) is 9.23. The minimum Gasteiger partial charge on any atom is -0.0591 e. The van der Waals surface area contributed by atoms with Gasteiger partial charge in [-0.3, -0.25) is 0 Å². The van der Waals surface area contributed by atoms with Gasteiger partial charge in [0, 0.05) is 0 Å². The fraction of sp³-hybridized carbons (Fsp3) is 0.950. The third-order valence-electron chi connectivity index (χ3n) is 9.23. The maximum atomic E-state index is 2.92. The average molecular weight is 271 g/mol. The molecule has 6 fully saturated rings. The van der Waals surface area contributed by atoms with Crippen molar-refractivity contribution >= 4 is 0 Å². The zero-order valence-electron chi connectivity index (χ0n) is 13.6. The van der Waals surface area contributed by atoms with Gasteiger partial charge in [-0.15, -0.1) is 0 Å². The van der Waals surface area contributed by atoms with Gasteiger partial charge in [0.2, 0.25) is 0 Å². The van der Waals surface area contributed by atoms with Gasteiger partial charge in [0.1, 0.15) is 0 Å². The van der Waals surface area contributed by atoms with Crippen LogP contribution in [0.3, 0.4) is 0 Å². The lowest BCUT2D eigenvalue weighted by Gasteiger charge is -2.60. The first-order valence-corrected chi connectivity index (χ1v) is 9.28. The van der Waals surface area contributed by atoms with Gasteiger partial charge in [0.15, 0.2) is 0 Å². The smallest absolute Gasteiger partial charge is 0.0227 e. The van der Waals surface area contributed by atoms with Gasteiger partial charge < -0.3 is 0 Å². The van der Waals surface area contributed by atoms with Crippen molar-refractivity contribution in [3.8, 4) is 0 Å². The van der Waals surface area contributed by atoms with Crippen LogP contribution in [0.1, 0.15) is 72.1 Å². The highest BCUT2D eigenvalue weighted by Gasteiger charge is 2.66. The summed E-state index contributed by atoms with van der Waals surface area (Å²) in [6.45, 7) is 7.82. The number of fused-ring (bicyclic) bond motifs is 2. The number of hydrogen-bond donors (Lipinski definition) is 0. The largest absolute Gasteiger partial charge is 0.0591 e. The molecular formula is C20H31. The van der Waals surface area contributed by atoms with E-state index in [4.69, 9.17) is 0 Å². The monoisotopic (exact) mass is 271 g/mol. The Morgan fingerprint density at radius 3 is 2.05 bits per heavy atom. The van der Waals surface area contributed by atoms with E-state index in [1.165, 1.54) is 12.8 Å². The van der Waals surface area contributed by atoms with E-state index in [1.807, 2.05) is 0 Å². The molecule has 0 aliphatic heterocycles. The average Bonchev–Trinajstić information content (AvgIpc) is 2.69. The Bertz CT molecular complexity index is 407. The van der Waals surface area contributed by atoms with E-state index >= 15 is 0 Å². The van der Waals surface area contributed by atoms with Gasteiger partial charge in [0.05, 0.1) is 0 Å². The van der Waals surface area contributed by atoms with Gasteiger partial charge in [-0.1, -0.05) is 20.8 Å². The fourth-order valence-electron chi connectivity index (χ4n) is 8.18. The second kappa shape index (κ2) is 3.49. The molecule has 0 N–H and O–H groups in total. The Morgan fingerprint density at radius 1 is 0.850 bits per heavy atom. The van der Waals surface area contributed by atoms with Crippen molar-refractivity contribution in [2.24, 2.45) is 45.8 Å². The molecule has 6 saturated carbocycles. The molecule has 5 atom stereocenters. The molecule has 6 aliphatic rings. The van der Waals surface area contributed by atoms with Crippen LogP contribution in [0.15, 0.2) is 0 Å². The van der Waals surface area contributed by atoms with Gasteiger partial charge in [-0.2, -0.15) is 0 Å². The van der Waals surface area contributed by atoms with E-state index in [0.29, 0.717) is 16.2 Å². The number of rotatable bonds is 1. The predicted octanol–water partition coefficient (Wildman–Crippen LogP) is 5.48. The van der Waals surface area contributed by atoms with Crippen LogP contribution in [0.4, 0.5) is 0 Å². The maximum absolute atomic E-state index is 2.92. The molecule has 111 valence electrons. The third kappa shape index (κ3) is 1.31. The van der Waals surface area contributed by atoms with E-state index in [1.54, 1.807) is 38.5 Å². The van der Waals surface area contributed by atoms with Gasteiger partial charge in [-0.05, 0) is 104 Å². The van der Waals surface area contributed by atoms with Crippen LogP contribution in [0.25, 0.3) is 0 Å². The van der Waals surface area contributed by atoms with E-state index < -0.39 is 0 Å². The highest BCUT2D eigenvalue weighted by Crippen LogP contribution is 2.75. The van der Waals surface area contributed by atoms with Crippen LogP contribution < -0.4 is 0 Å². The summed E-state index contributed by atoms with van der Waals surface area (Å²) >= 11 is 0. The van der Waals surface area contributed by atoms with Gasteiger partial charge in [0.25, 0.3) is 0 Å². The van der Waals surface area contributed by atoms with Gasteiger partial charge in [-0.25, -0.2) is 0 Å². The second-order valence-corrected chi connectivity index (χ2v) is 10.2. The molecule has 0 aromatic heterocycles. The zero-order chi connectivity index (χ0) is 13.8. The second-order valence-electron chi connectivity index (χ2n) is 10.2. The van der Waals surface area contributed by atoms with Crippen molar-refractivity contribution in [2.45, 2.75) is 72.1 Å². The summed E-state index contributed by atoms with van der Waals surface area (Å²) in [7, 11) is 0. The molecule has 0 saturated heterocycles. The maximum Gasteiger partial charge on any atom is -0.0227 e. The van der Waals surface area contributed by atoms with E-state index in [2.05, 4.69) is 27.2 Å². The van der Waals surface area contributed by atoms with Crippen molar-refractivity contribution in [3.63, 3.8) is 0 Å². The van der Waals surface area contributed by atoms with Crippen LogP contribution in [-0.2, 0) is 0 Å². The molecule has 1 radical (unpaired) electrons. The van der Waals surface area contributed by atoms with Crippen molar-refractivity contribution in [1.29, 1.82) is 0 Å². The SMILES string of the molecule is CC12CCC(C(C34[CH]C5CC(CC(C5)C3)C4)C1)C2(C)C. The topological polar surface area (TPSA) is 0 Å². The first-order chi connectivity index (χ1) is 9.42. The molecule has 0 aromatic carbocycles. The molecule has 0 heterocycles. The number of hydrogen-bond acceptors (Lipinski definition) is 0. The summed E-state index contributed by atoms with van der Waals surface area (Å²) in [5, 5.41) is 0. The van der Waals surface area contributed by atoms with Crippen molar-refractivity contribution in [1.82, 2.24) is 0 Å². The molecule has 5 unspecified atom stereocenters. The quantitative estimate of drug-likeness (QED) is 0.592. The summed E-state index contributed by atoms with van der Waals surface area (Å²) in [5.74, 6) is 5.29. The molecule has 6 bridgehead atoms. The summed E-state index contributed by atoms with van der Waals surface area (Å²) in [4.78, 5) is 0. The lowest BCUT2D eigenvalue weighted by molar-refractivity contribution is -0.0587. The summed E-state index contributed by atoms with van der Waals surface area (Å²) < 4.78 is 0. The molecule has 0 heteroatoms. The zero-order valence-corrected chi connectivity index (χ0v) is 13.6. The van der Waals surface area contributed by atoms with E-state index in [0.717, 1.165) is 29.6 Å². The summed E-state index contributed by atoms with van der Waals surface area (Å²) in [6.07, 6.45) is 15.4. The highest BCUT2D eigenvalue weighted by molar-refractivity contribution is 5.20. The van der Waals surface area contributed by atoms with Crippen LogP contribution in [0.5, 0.6) is 0 Å². The summed E-state index contributed by atoms with van der Waals surface area (Å²) in [5.41, 5.74) is 1.95. The minimum absolute atomic E-state index is 0.606. The predicted molar refractivity (Wildman–Crippen MR) is 83.0 cm³/mol. The molecule has 20 heavy (non-hydrogen) atoms. The van der Waals surface area contributed by atoms with Crippen molar-refractivity contribution in [2.75, 3.05) is 0 Å². The Balaban J connectivity index is 1.53. The molecule has 6 aliphatic carbocycles. The standard InChI is InChI=1S/C20H31/c1-18(2)16-4-5-19(18,3)12-17(16)20-9-13-6-14(10-20)8-15(7-13)11-20/h9,13-17H,4-8,10-12H2,1-3H3. The lowest BCUT2D eigenvalue weighted by atomic mass is 9.45. The fourth-order valence-corrected chi connectivity index (χ4v) is 8.18. The van der Waals surface area contributed by atoms with Crippen LogP contribution >= 0.6 is 0 Å². The van der Waals surface area contributed by atoms with E-state index in [-0.39, 0.29) is 0 Å². The Kier molecular flexibility index (Phi) is 2.19. The van der Waals surface area contributed by atoms with E-state index in [9.17, 15) is 0 Å². The molecule has 0 nitrogen and oxygen atoms in total. The molecule has 0 amide bonds. The van der Waals surface area contributed by atoms with Crippen molar-refractivity contribution in [3.05, 3.63) is 6.42 Å². The molecule has 0 aromatic rings. The van der Waals surface area contributed by atoms with Crippen LogP contribution in [0.2, 0.25) is 0 Å². The summed E-state index contributed by atoms with van der Waals surface area (Å²) in [6, 6.07) is 0. The van der Waals surface area contributed by atoms with Crippen LogP contribution in [-0.4, -0.2) is 0 Å². The highest BCUT2D eigenvalue weighted by atomic mass is 14.7. The Hall–Kier alpha value is 0. The molecular weight excluding hydrogens is 240 g/mol. The Labute approximate surface area is 125 Å². The first-order valence-electron chi connectivity index (χ1n) is 9.28. The lowest BCUT2D eigenvalue weighted by Crippen LogP contribution is -2.51. The van der Waals surface area contributed by atoms with Crippen molar-refractivity contribution < 1.29 is 0 Å². The minimum atomic E-state index is 0.606. The Morgan fingerprint density at radius 2 is 1.55 bits per heavy atom. The van der Waals surface area contributed by atoms with Gasteiger partial charge >= 0.3 is 0 Å². The van der Waals surface area contributed by atoms with Crippen LogP contribution in [0, 0.1) is 52.3 Å². The first kappa shape index (κ1) is 12.5.